The van der Waals surface area contributed by atoms with Gasteiger partial charge in [0.05, 0.1) is 0 Å². The second-order valence-electron chi connectivity index (χ2n) is 6.25. The topological polar surface area (TPSA) is 101 Å². The van der Waals surface area contributed by atoms with E-state index in [4.69, 9.17) is 5.73 Å². The zero-order chi connectivity index (χ0) is 19.4. The predicted molar refractivity (Wildman–Crippen MR) is 109 cm³/mol. The molecule has 0 aliphatic heterocycles. The SMILES string of the molecule is Cc1cc(C)cc(NC(=O)[C@@H](Sc2nc(N)cc(=O)[nH]2)c2ccccc2)c1. The molecule has 1 heterocycles. The van der Waals surface area contributed by atoms with Crippen LogP contribution >= 0.6 is 11.8 Å². The summed E-state index contributed by atoms with van der Waals surface area (Å²) in [6.45, 7) is 3.96. The molecule has 0 fully saturated rings. The van der Waals surface area contributed by atoms with Crippen molar-refractivity contribution in [3.63, 3.8) is 0 Å². The fraction of sp³-hybridized carbons (Fsp3) is 0.150. The highest BCUT2D eigenvalue weighted by atomic mass is 32.2. The zero-order valence-corrected chi connectivity index (χ0v) is 15.8. The van der Waals surface area contributed by atoms with Gasteiger partial charge in [-0.1, -0.05) is 48.2 Å². The number of aromatic amines is 1. The van der Waals surface area contributed by atoms with E-state index in [1.807, 2.05) is 62.4 Å². The number of rotatable bonds is 5. The van der Waals surface area contributed by atoms with Gasteiger partial charge in [0.1, 0.15) is 11.1 Å². The largest absolute Gasteiger partial charge is 0.383 e. The fourth-order valence-corrected chi connectivity index (χ4v) is 3.78. The quantitative estimate of drug-likeness (QED) is 0.465. The number of nitrogens with two attached hydrogens (primary N) is 1. The van der Waals surface area contributed by atoms with Gasteiger partial charge in [-0.3, -0.25) is 9.59 Å². The molecule has 0 spiro atoms. The number of carbonyl (C=O) groups excluding carboxylic acids is 1. The molecule has 0 unspecified atom stereocenters. The average molecular weight is 380 g/mol. The second kappa shape index (κ2) is 8.09. The number of thioether (sulfide) groups is 1. The van der Waals surface area contributed by atoms with Crippen molar-refractivity contribution in [2.45, 2.75) is 24.3 Å². The molecule has 0 saturated heterocycles. The predicted octanol–water partition coefficient (Wildman–Crippen LogP) is 3.44. The molecule has 2 aromatic carbocycles. The van der Waals surface area contributed by atoms with Gasteiger partial charge in [-0.15, -0.1) is 0 Å². The molecule has 0 bridgehead atoms. The molecule has 3 rings (SSSR count). The number of hydrogen-bond acceptors (Lipinski definition) is 5. The van der Waals surface area contributed by atoms with Crippen LogP contribution < -0.4 is 16.6 Å². The number of anilines is 2. The molecule has 0 radical (unpaired) electrons. The van der Waals surface area contributed by atoms with E-state index in [1.165, 1.54) is 6.07 Å². The van der Waals surface area contributed by atoms with Crippen molar-refractivity contribution in [2.24, 2.45) is 0 Å². The van der Waals surface area contributed by atoms with Crippen LogP contribution in [0, 0.1) is 13.8 Å². The van der Waals surface area contributed by atoms with Crippen molar-refractivity contribution in [1.82, 2.24) is 9.97 Å². The number of amides is 1. The Morgan fingerprint density at radius 1 is 1.11 bits per heavy atom. The number of aromatic nitrogens is 2. The van der Waals surface area contributed by atoms with Crippen molar-refractivity contribution in [3.05, 3.63) is 81.6 Å². The third kappa shape index (κ3) is 4.98. The lowest BCUT2D eigenvalue weighted by atomic mass is 10.1. The van der Waals surface area contributed by atoms with Crippen molar-refractivity contribution in [1.29, 1.82) is 0 Å². The Labute approximate surface area is 161 Å². The lowest BCUT2D eigenvalue weighted by Crippen LogP contribution is -2.20. The highest BCUT2D eigenvalue weighted by Gasteiger charge is 2.23. The maximum Gasteiger partial charge on any atom is 0.253 e. The summed E-state index contributed by atoms with van der Waals surface area (Å²) in [6, 6.07) is 16.4. The Morgan fingerprint density at radius 3 is 2.41 bits per heavy atom. The van der Waals surface area contributed by atoms with Crippen LogP contribution in [0.2, 0.25) is 0 Å². The van der Waals surface area contributed by atoms with Crippen LogP contribution in [0.25, 0.3) is 0 Å². The summed E-state index contributed by atoms with van der Waals surface area (Å²) in [4.78, 5) is 31.4. The van der Waals surface area contributed by atoms with E-state index in [-0.39, 0.29) is 17.3 Å². The smallest absolute Gasteiger partial charge is 0.253 e. The maximum absolute atomic E-state index is 13.0. The van der Waals surface area contributed by atoms with Crippen molar-refractivity contribution >= 4 is 29.2 Å². The van der Waals surface area contributed by atoms with Crippen LogP contribution in [0.5, 0.6) is 0 Å². The monoisotopic (exact) mass is 380 g/mol. The fourth-order valence-electron chi connectivity index (χ4n) is 2.78. The number of carbonyl (C=O) groups is 1. The standard InChI is InChI=1S/C20H20N4O2S/c1-12-8-13(2)10-15(9-12)22-19(26)18(14-6-4-3-5-7-14)27-20-23-16(21)11-17(25)24-20/h3-11,18H,1-2H3,(H,22,26)(H3,21,23,24,25)/t18-/m0/s1. The van der Waals surface area contributed by atoms with Gasteiger partial charge in [-0.25, -0.2) is 4.98 Å². The van der Waals surface area contributed by atoms with Gasteiger partial charge in [-0.05, 0) is 42.7 Å². The Morgan fingerprint density at radius 2 is 1.78 bits per heavy atom. The number of aryl methyl sites for hydroxylation is 2. The summed E-state index contributed by atoms with van der Waals surface area (Å²) in [5.74, 6) is -0.0935. The van der Waals surface area contributed by atoms with Gasteiger partial charge in [0.25, 0.3) is 5.56 Å². The summed E-state index contributed by atoms with van der Waals surface area (Å²) >= 11 is 1.15. The minimum absolute atomic E-state index is 0.114. The Hall–Kier alpha value is -3.06. The minimum atomic E-state index is -0.600. The van der Waals surface area contributed by atoms with Gasteiger partial charge in [0, 0.05) is 11.8 Å². The van der Waals surface area contributed by atoms with Gasteiger partial charge >= 0.3 is 0 Å². The summed E-state index contributed by atoms with van der Waals surface area (Å²) < 4.78 is 0. The number of H-pyrrole nitrogens is 1. The highest BCUT2D eigenvalue weighted by molar-refractivity contribution is 8.00. The molecule has 0 aliphatic carbocycles. The average Bonchev–Trinajstić information content (AvgIpc) is 2.58. The molecule has 6 nitrogen and oxygen atoms in total. The second-order valence-corrected chi connectivity index (χ2v) is 7.34. The van der Waals surface area contributed by atoms with E-state index in [0.29, 0.717) is 5.16 Å². The van der Waals surface area contributed by atoms with E-state index in [9.17, 15) is 9.59 Å². The lowest BCUT2D eigenvalue weighted by Gasteiger charge is -2.17. The number of benzene rings is 2. The first-order chi connectivity index (χ1) is 12.9. The maximum atomic E-state index is 13.0. The van der Waals surface area contributed by atoms with Crippen LogP contribution in [0.3, 0.4) is 0 Å². The molecule has 4 N–H and O–H groups in total. The minimum Gasteiger partial charge on any atom is -0.383 e. The third-order valence-electron chi connectivity index (χ3n) is 3.80. The molecular weight excluding hydrogens is 360 g/mol. The van der Waals surface area contributed by atoms with Gasteiger partial charge < -0.3 is 16.0 Å². The third-order valence-corrected chi connectivity index (χ3v) is 4.94. The molecule has 0 saturated carbocycles. The van der Waals surface area contributed by atoms with Gasteiger partial charge in [0.15, 0.2) is 5.16 Å². The van der Waals surface area contributed by atoms with Gasteiger partial charge in [-0.2, -0.15) is 0 Å². The molecule has 0 aliphatic rings. The molecular formula is C20H20N4O2S. The molecule has 1 amide bonds. The number of nitrogens with one attached hydrogen (secondary N) is 2. The van der Waals surface area contributed by atoms with Crippen LogP contribution in [-0.4, -0.2) is 15.9 Å². The number of nitrogen functional groups attached to an aromatic ring is 1. The van der Waals surface area contributed by atoms with E-state index in [1.54, 1.807) is 0 Å². The first kappa shape index (κ1) is 18.7. The summed E-state index contributed by atoms with van der Waals surface area (Å²) in [6.07, 6.45) is 0. The van der Waals surface area contributed by atoms with Crippen molar-refractivity contribution in [3.8, 4) is 0 Å². The van der Waals surface area contributed by atoms with Gasteiger partial charge in [0.2, 0.25) is 5.91 Å². The van der Waals surface area contributed by atoms with E-state index in [2.05, 4.69) is 15.3 Å². The first-order valence-corrected chi connectivity index (χ1v) is 9.26. The van der Waals surface area contributed by atoms with E-state index in [0.717, 1.165) is 34.1 Å². The Kier molecular flexibility index (Phi) is 5.61. The van der Waals surface area contributed by atoms with Crippen molar-refractivity contribution < 1.29 is 4.79 Å². The normalized spacial score (nSPS) is 11.8. The Balaban J connectivity index is 1.91. The zero-order valence-electron chi connectivity index (χ0n) is 15.0. The van der Waals surface area contributed by atoms with E-state index < -0.39 is 5.25 Å². The van der Waals surface area contributed by atoms with Crippen LogP contribution in [0.4, 0.5) is 11.5 Å². The molecule has 1 atom stereocenters. The lowest BCUT2D eigenvalue weighted by molar-refractivity contribution is -0.115. The van der Waals surface area contributed by atoms with Crippen LogP contribution in [-0.2, 0) is 4.79 Å². The molecule has 3 aromatic rings. The molecule has 7 heteroatoms. The molecule has 1 aromatic heterocycles. The summed E-state index contributed by atoms with van der Waals surface area (Å²) in [5.41, 5.74) is 8.97. The van der Waals surface area contributed by atoms with Crippen LogP contribution in [0.15, 0.2) is 64.5 Å². The Bertz CT molecular complexity index is 998. The number of nitrogens with zero attached hydrogens (tertiary/aromatic N) is 1. The first-order valence-electron chi connectivity index (χ1n) is 8.38. The van der Waals surface area contributed by atoms with Crippen LogP contribution in [0.1, 0.15) is 21.9 Å². The highest BCUT2D eigenvalue weighted by Crippen LogP contribution is 2.34. The molecule has 27 heavy (non-hydrogen) atoms. The summed E-state index contributed by atoms with van der Waals surface area (Å²) in [5, 5.41) is 2.66. The number of hydrogen-bond donors (Lipinski definition) is 3. The van der Waals surface area contributed by atoms with E-state index >= 15 is 0 Å². The summed E-state index contributed by atoms with van der Waals surface area (Å²) in [7, 11) is 0. The van der Waals surface area contributed by atoms with Crippen molar-refractivity contribution in [2.75, 3.05) is 11.1 Å². The molecule has 138 valence electrons.